The number of aromatic nitrogens is 1. The van der Waals surface area contributed by atoms with Gasteiger partial charge in [-0.1, -0.05) is 0 Å². The fourth-order valence-corrected chi connectivity index (χ4v) is 1.57. The molecule has 0 unspecified atom stereocenters. The van der Waals surface area contributed by atoms with Crippen LogP contribution >= 0.6 is 11.3 Å². The summed E-state index contributed by atoms with van der Waals surface area (Å²) < 4.78 is 0. The van der Waals surface area contributed by atoms with E-state index in [1.165, 1.54) is 12.8 Å². The van der Waals surface area contributed by atoms with Crippen LogP contribution in [-0.4, -0.2) is 17.0 Å². The molecule has 14 heavy (non-hydrogen) atoms. The van der Waals surface area contributed by atoms with E-state index in [0.717, 1.165) is 5.01 Å². The second kappa shape index (κ2) is 4.39. The second-order valence-electron chi connectivity index (χ2n) is 3.15. The lowest BCUT2D eigenvalue weighted by atomic mass is 10.6. The van der Waals surface area contributed by atoms with E-state index in [9.17, 15) is 0 Å². The number of nitrogens with one attached hydrogen (secondary N) is 2. The zero-order chi connectivity index (χ0) is 9.80. The number of hydrogen-bond donors (Lipinski definition) is 3. The third kappa shape index (κ3) is 2.68. The van der Waals surface area contributed by atoms with E-state index >= 15 is 0 Å². The molecule has 6 heteroatoms. The minimum absolute atomic E-state index is 0.557. The first-order valence-electron chi connectivity index (χ1n) is 4.54. The fourth-order valence-electron chi connectivity index (χ4n) is 1.03. The van der Waals surface area contributed by atoms with Gasteiger partial charge in [0.1, 0.15) is 5.01 Å². The number of rotatable bonds is 3. The first kappa shape index (κ1) is 9.42. The summed E-state index contributed by atoms with van der Waals surface area (Å²) in [5, 5.41) is 6.13. The monoisotopic (exact) mass is 211 g/mol. The standard InChI is InChI=1S/C8H13N5S/c9-13-8(12-6-1-2-6)11-5-7-10-3-4-14-7/h3-4,6H,1-2,5,9H2,(H2,11,12,13). The Labute approximate surface area is 86.4 Å². The topological polar surface area (TPSA) is 75.3 Å². The highest BCUT2D eigenvalue weighted by atomic mass is 32.1. The maximum atomic E-state index is 5.33. The normalized spacial score (nSPS) is 16.8. The number of guanidine groups is 1. The van der Waals surface area contributed by atoms with Gasteiger partial charge in [-0.3, -0.25) is 5.43 Å². The van der Waals surface area contributed by atoms with Gasteiger partial charge in [-0.25, -0.2) is 15.8 Å². The maximum Gasteiger partial charge on any atom is 0.206 e. The summed E-state index contributed by atoms with van der Waals surface area (Å²) in [6, 6.07) is 0.557. The molecule has 1 heterocycles. The molecule has 2 rings (SSSR count). The minimum atomic E-state index is 0.557. The van der Waals surface area contributed by atoms with E-state index in [1.807, 2.05) is 5.38 Å². The molecule has 0 radical (unpaired) electrons. The van der Waals surface area contributed by atoms with Crippen molar-refractivity contribution in [3.05, 3.63) is 16.6 Å². The molecule has 5 nitrogen and oxygen atoms in total. The predicted molar refractivity (Wildman–Crippen MR) is 56.7 cm³/mol. The summed E-state index contributed by atoms with van der Waals surface area (Å²) in [7, 11) is 0. The molecule has 1 saturated carbocycles. The molecule has 0 aliphatic heterocycles. The van der Waals surface area contributed by atoms with Gasteiger partial charge < -0.3 is 5.32 Å². The van der Waals surface area contributed by atoms with Crippen LogP contribution in [0.4, 0.5) is 0 Å². The Bertz CT molecular complexity index is 304. The summed E-state index contributed by atoms with van der Waals surface area (Å²) >= 11 is 1.60. The van der Waals surface area contributed by atoms with Crippen LogP contribution in [0, 0.1) is 0 Å². The summed E-state index contributed by atoms with van der Waals surface area (Å²) in [5.74, 6) is 5.98. The van der Waals surface area contributed by atoms with E-state index in [-0.39, 0.29) is 0 Å². The van der Waals surface area contributed by atoms with Gasteiger partial charge in [-0.05, 0) is 12.8 Å². The van der Waals surface area contributed by atoms with Crippen LogP contribution in [0.15, 0.2) is 16.6 Å². The molecule has 76 valence electrons. The summed E-state index contributed by atoms with van der Waals surface area (Å²) in [5.41, 5.74) is 2.55. The first-order valence-corrected chi connectivity index (χ1v) is 5.42. The Morgan fingerprint density at radius 1 is 1.71 bits per heavy atom. The summed E-state index contributed by atoms with van der Waals surface area (Å²) in [6.45, 7) is 0.580. The van der Waals surface area contributed by atoms with E-state index in [0.29, 0.717) is 18.5 Å². The Hall–Kier alpha value is -1.14. The van der Waals surface area contributed by atoms with Crippen molar-refractivity contribution in [3.63, 3.8) is 0 Å². The van der Waals surface area contributed by atoms with E-state index in [4.69, 9.17) is 5.84 Å². The van der Waals surface area contributed by atoms with Crippen LogP contribution in [0.25, 0.3) is 0 Å². The van der Waals surface area contributed by atoms with Crippen LogP contribution in [-0.2, 0) is 6.54 Å². The molecule has 1 aromatic rings. The van der Waals surface area contributed by atoms with Crippen LogP contribution in [0.1, 0.15) is 17.8 Å². The lowest BCUT2D eigenvalue weighted by Gasteiger charge is -2.06. The van der Waals surface area contributed by atoms with Crippen LogP contribution < -0.4 is 16.6 Å². The van der Waals surface area contributed by atoms with Crippen LogP contribution in [0.2, 0.25) is 0 Å². The third-order valence-corrected chi connectivity index (χ3v) is 2.68. The molecule has 1 aromatic heterocycles. The molecule has 0 aromatic carbocycles. The maximum absolute atomic E-state index is 5.33. The Balaban J connectivity index is 1.86. The molecule has 1 aliphatic rings. The Morgan fingerprint density at radius 2 is 2.57 bits per heavy atom. The summed E-state index contributed by atoms with van der Waals surface area (Å²) in [6.07, 6.45) is 4.19. The third-order valence-electron chi connectivity index (χ3n) is 1.91. The molecular weight excluding hydrogens is 198 g/mol. The molecule has 4 N–H and O–H groups in total. The zero-order valence-electron chi connectivity index (χ0n) is 7.73. The quantitative estimate of drug-likeness (QED) is 0.289. The number of aliphatic imine (C=N–C) groups is 1. The van der Waals surface area contributed by atoms with Gasteiger partial charge in [0.15, 0.2) is 0 Å². The number of thiazole rings is 1. The van der Waals surface area contributed by atoms with Crippen molar-refractivity contribution in [2.24, 2.45) is 10.8 Å². The van der Waals surface area contributed by atoms with Gasteiger partial charge in [-0.2, -0.15) is 0 Å². The molecule has 0 bridgehead atoms. The second-order valence-corrected chi connectivity index (χ2v) is 4.13. The molecular formula is C8H13N5S. The SMILES string of the molecule is NNC(=NCc1nccs1)NC1CC1. The van der Waals surface area contributed by atoms with E-state index in [1.54, 1.807) is 17.5 Å². The Kier molecular flexibility index (Phi) is 2.95. The van der Waals surface area contributed by atoms with Crippen molar-refractivity contribution in [2.75, 3.05) is 0 Å². The fraction of sp³-hybridized carbons (Fsp3) is 0.500. The Morgan fingerprint density at radius 3 is 3.14 bits per heavy atom. The smallest absolute Gasteiger partial charge is 0.206 e. The lowest BCUT2D eigenvalue weighted by Crippen LogP contribution is -2.42. The van der Waals surface area contributed by atoms with Crippen LogP contribution in [0.5, 0.6) is 0 Å². The van der Waals surface area contributed by atoms with Crippen molar-refractivity contribution >= 4 is 17.3 Å². The number of hydrazine groups is 1. The lowest BCUT2D eigenvalue weighted by molar-refractivity contribution is 0.820. The van der Waals surface area contributed by atoms with Gasteiger partial charge >= 0.3 is 0 Å². The van der Waals surface area contributed by atoms with Gasteiger partial charge in [0.25, 0.3) is 0 Å². The number of hydrogen-bond acceptors (Lipinski definition) is 4. The van der Waals surface area contributed by atoms with Gasteiger partial charge in [0.05, 0.1) is 6.54 Å². The highest BCUT2D eigenvalue weighted by Gasteiger charge is 2.21. The van der Waals surface area contributed by atoms with Crippen molar-refractivity contribution in [2.45, 2.75) is 25.4 Å². The predicted octanol–water partition coefficient (Wildman–Crippen LogP) is 0.214. The molecule has 0 atom stereocenters. The number of nitrogens with two attached hydrogens (primary N) is 1. The van der Waals surface area contributed by atoms with E-state index < -0.39 is 0 Å². The van der Waals surface area contributed by atoms with Crippen molar-refractivity contribution < 1.29 is 0 Å². The molecule has 0 saturated heterocycles. The molecule has 1 aliphatic carbocycles. The first-order chi connectivity index (χ1) is 6.88. The van der Waals surface area contributed by atoms with Crippen molar-refractivity contribution in [1.29, 1.82) is 0 Å². The molecule has 0 spiro atoms. The number of nitrogens with zero attached hydrogens (tertiary/aromatic N) is 2. The summed E-state index contributed by atoms with van der Waals surface area (Å²) in [4.78, 5) is 8.41. The largest absolute Gasteiger partial charge is 0.353 e. The van der Waals surface area contributed by atoms with Gasteiger partial charge in [-0.15, -0.1) is 11.3 Å². The molecule has 0 amide bonds. The highest BCUT2D eigenvalue weighted by Crippen LogP contribution is 2.18. The van der Waals surface area contributed by atoms with Crippen molar-refractivity contribution in [3.8, 4) is 0 Å². The zero-order valence-corrected chi connectivity index (χ0v) is 8.55. The van der Waals surface area contributed by atoms with E-state index in [2.05, 4.69) is 20.7 Å². The molecule has 1 fully saturated rings. The van der Waals surface area contributed by atoms with Gasteiger partial charge in [0.2, 0.25) is 5.96 Å². The van der Waals surface area contributed by atoms with Crippen LogP contribution in [0.3, 0.4) is 0 Å². The average molecular weight is 211 g/mol. The average Bonchev–Trinajstić information content (AvgIpc) is 2.86. The highest BCUT2D eigenvalue weighted by molar-refractivity contribution is 7.09. The minimum Gasteiger partial charge on any atom is -0.353 e. The van der Waals surface area contributed by atoms with Gasteiger partial charge in [0, 0.05) is 17.6 Å². The van der Waals surface area contributed by atoms with Crippen molar-refractivity contribution in [1.82, 2.24) is 15.7 Å².